The molecule has 0 spiro atoms. The minimum atomic E-state index is -0.813. The number of carboxylic acids is 1. The number of hydrogen-bond donors (Lipinski definition) is 3. The van der Waals surface area contributed by atoms with Gasteiger partial charge in [0.05, 0.1) is 12.7 Å². The second kappa shape index (κ2) is 8.14. The maximum absolute atomic E-state index is 12.0. The predicted octanol–water partition coefficient (Wildman–Crippen LogP) is 2.02. The van der Waals surface area contributed by atoms with Crippen molar-refractivity contribution in [1.29, 1.82) is 0 Å². The molecule has 21 heavy (non-hydrogen) atoms. The lowest BCUT2D eigenvalue weighted by molar-refractivity contribution is -0.137. The fourth-order valence-corrected chi connectivity index (χ4v) is 1.91. The first-order valence-electron chi connectivity index (χ1n) is 6.81. The molecular weight excluding hydrogens is 274 g/mol. The summed E-state index contributed by atoms with van der Waals surface area (Å²) in [6.07, 6.45) is 1.39. The van der Waals surface area contributed by atoms with E-state index in [1.807, 2.05) is 6.92 Å². The molecule has 1 atom stereocenters. The van der Waals surface area contributed by atoms with Crippen LogP contribution in [0.25, 0.3) is 0 Å². The van der Waals surface area contributed by atoms with Crippen molar-refractivity contribution in [3.05, 3.63) is 23.8 Å². The van der Waals surface area contributed by atoms with Crippen molar-refractivity contribution < 1.29 is 24.5 Å². The van der Waals surface area contributed by atoms with Crippen LogP contribution in [0, 0.1) is 5.92 Å². The number of benzene rings is 1. The molecule has 1 amide bonds. The smallest absolute Gasteiger partial charge is 0.303 e. The van der Waals surface area contributed by atoms with Crippen LogP contribution < -0.4 is 10.1 Å². The maximum Gasteiger partial charge on any atom is 0.303 e. The van der Waals surface area contributed by atoms with Crippen molar-refractivity contribution >= 4 is 11.9 Å². The number of carbonyl (C=O) groups is 2. The highest BCUT2D eigenvalue weighted by Gasteiger charge is 2.14. The number of aromatic hydroxyl groups is 1. The van der Waals surface area contributed by atoms with Crippen molar-refractivity contribution in [3.8, 4) is 11.5 Å². The molecule has 1 rings (SSSR count). The second-order valence-electron chi connectivity index (χ2n) is 4.94. The van der Waals surface area contributed by atoms with Crippen LogP contribution in [0.4, 0.5) is 0 Å². The molecule has 0 heterocycles. The first kappa shape index (κ1) is 16.8. The van der Waals surface area contributed by atoms with E-state index >= 15 is 0 Å². The molecule has 0 saturated heterocycles. The first-order valence-corrected chi connectivity index (χ1v) is 6.81. The van der Waals surface area contributed by atoms with Crippen LogP contribution in [-0.4, -0.2) is 35.7 Å². The largest absolute Gasteiger partial charge is 0.504 e. The van der Waals surface area contributed by atoms with Gasteiger partial charge in [-0.15, -0.1) is 0 Å². The average molecular weight is 295 g/mol. The van der Waals surface area contributed by atoms with Crippen molar-refractivity contribution in [3.63, 3.8) is 0 Å². The van der Waals surface area contributed by atoms with Gasteiger partial charge in [-0.2, -0.15) is 0 Å². The number of nitrogens with one attached hydrogen (secondary N) is 1. The molecule has 0 radical (unpaired) electrons. The van der Waals surface area contributed by atoms with Gasteiger partial charge >= 0.3 is 5.97 Å². The van der Waals surface area contributed by atoms with E-state index in [1.54, 1.807) is 12.1 Å². The Morgan fingerprint density at radius 3 is 2.67 bits per heavy atom. The maximum atomic E-state index is 12.0. The number of ether oxygens (including phenoxy) is 1. The number of phenolic OH excluding ortho intramolecular Hbond substituents is 1. The van der Waals surface area contributed by atoms with Gasteiger partial charge < -0.3 is 20.3 Å². The monoisotopic (exact) mass is 295 g/mol. The minimum absolute atomic E-state index is 0.131. The average Bonchev–Trinajstić information content (AvgIpc) is 2.45. The number of phenols is 1. The van der Waals surface area contributed by atoms with E-state index in [0.717, 1.165) is 0 Å². The van der Waals surface area contributed by atoms with Crippen molar-refractivity contribution in [1.82, 2.24) is 5.32 Å². The number of para-hydroxylation sites is 1. The Hall–Kier alpha value is -2.24. The highest BCUT2D eigenvalue weighted by atomic mass is 16.5. The summed E-state index contributed by atoms with van der Waals surface area (Å²) < 4.78 is 4.95. The van der Waals surface area contributed by atoms with E-state index in [-0.39, 0.29) is 35.3 Å². The van der Waals surface area contributed by atoms with E-state index in [2.05, 4.69) is 5.32 Å². The zero-order valence-corrected chi connectivity index (χ0v) is 12.3. The topological polar surface area (TPSA) is 95.9 Å². The lowest BCUT2D eigenvalue weighted by Crippen LogP contribution is -2.25. The Labute approximate surface area is 123 Å². The van der Waals surface area contributed by atoms with Gasteiger partial charge in [-0.25, -0.2) is 0 Å². The number of carboxylic acid groups (broad SMARTS) is 1. The summed E-state index contributed by atoms with van der Waals surface area (Å²) in [7, 11) is 1.42. The number of methoxy groups -OCH3 is 1. The summed E-state index contributed by atoms with van der Waals surface area (Å²) in [5.41, 5.74) is 0.160. The first-order chi connectivity index (χ1) is 9.95. The molecule has 3 N–H and O–H groups in total. The lowest BCUT2D eigenvalue weighted by Gasteiger charge is -2.12. The lowest BCUT2D eigenvalue weighted by atomic mass is 10.0. The fourth-order valence-electron chi connectivity index (χ4n) is 1.91. The summed E-state index contributed by atoms with van der Waals surface area (Å²) in [5.74, 6) is -0.918. The van der Waals surface area contributed by atoms with Crippen LogP contribution in [0.15, 0.2) is 18.2 Å². The van der Waals surface area contributed by atoms with Gasteiger partial charge in [-0.05, 0) is 30.9 Å². The van der Waals surface area contributed by atoms with E-state index < -0.39 is 5.97 Å². The Bertz CT molecular complexity index is 501. The molecular formula is C15H21NO5. The zero-order chi connectivity index (χ0) is 15.8. The third-order valence-electron chi connectivity index (χ3n) is 3.24. The molecule has 0 aliphatic carbocycles. The van der Waals surface area contributed by atoms with E-state index in [0.29, 0.717) is 19.4 Å². The van der Waals surface area contributed by atoms with Crippen LogP contribution >= 0.6 is 0 Å². The third-order valence-corrected chi connectivity index (χ3v) is 3.24. The van der Waals surface area contributed by atoms with Crippen LogP contribution in [0.3, 0.4) is 0 Å². The van der Waals surface area contributed by atoms with Gasteiger partial charge in [0.1, 0.15) is 0 Å². The molecule has 1 unspecified atom stereocenters. The Morgan fingerprint density at radius 1 is 1.33 bits per heavy atom. The third kappa shape index (κ3) is 5.33. The van der Waals surface area contributed by atoms with Gasteiger partial charge in [0.2, 0.25) is 0 Å². The quantitative estimate of drug-likeness (QED) is 0.682. The van der Waals surface area contributed by atoms with Crippen LogP contribution in [0.1, 0.15) is 36.5 Å². The Balaban J connectivity index is 2.46. The Morgan fingerprint density at radius 2 is 2.05 bits per heavy atom. The number of carbonyl (C=O) groups excluding carboxylic acids is 1. The molecule has 0 aliphatic heterocycles. The number of aliphatic carboxylic acids is 1. The highest BCUT2D eigenvalue weighted by molar-refractivity contribution is 5.97. The highest BCUT2D eigenvalue weighted by Crippen LogP contribution is 2.29. The predicted molar refractivity (Wildman–Crippen MR) is 77.6 cm³/mol. The SMILES string of the molecule is COc1cccc(C(=O)NCCC(C)CCC(=O)O)c1O. The fraction of sp³-hybridized carbons (Fsp3) is 0.467. The second-order valence-corrected chi connectivity index (χ2v) is 4.94. The van der Waals surface area contributed by atoms with Crippen LogP contribution in [0.5, 0.6) is 11.5 Å². The summed E-state index contributed by atoms with van der Waals surface area (Å²) >= 11 is 0. The summed E-state index contributed by atoms with van der Waals surface area (Å²) in [6, 6.07) is 4.71. The molecule has 1 aromatic rings. The van der Waals surface area contributed by atoms with Gasteiger partial charge in [0.25, 0.3) is 5.91 Å². The molecule has 1 aromatic carbocycles. The van der Waals surface area contributed by atoms with Crippen molar-refractivity contribution in [2.75, 3.05) is 13.7 Å². The van der Waals surface area contributed by atoms with Crippen LogP contribution in [0.2, 0.25) is 0 Å². The normalized spacial score (nSPS) is 11.7. The summed E-state index contributed by atoms with van der Waals surface area (Å²) in [5, 5.41) is 21.2. The van der Waals surface area contributed by atoms with E-state index in [4.69, 9.17) is 9.84 Å². The van der Waals surface area contributed by atoms with E-state index in [1.165, 1.54) is 13.2 Å². The van der Waals surface area contributed by atoms with Gasteiger partial charge in [-0.3, -0.25) is 9.59 Å². The molecule has 0 fully saturated rings. The van der Waals surface area contributed by atoms with Crippen LogP contribution in [-0.2, 0) is 4.79 Å². The van der Waals surface area contributed by atoms with E-state index in [9.17, 15) is 14.7 Å². The summed E-state index contributed by atoms with van der Waals surface area (Å²) in [4.78, 5) is 22.4. The Kier molecular flexibility index (Phi) is 6.52. The molecule has 0 saturated carbocycles. The molecule has 0 bridgehead atoms. The molecule has 116 valence electrons. The standard InChI is InChI=1S/C15H21NO5/c1-10(6-7-13(17)18)8-9-16-15(20)11-4-3-5-12(21-2)14(11)19/h3-5,10,19H,6-9H2,1-2H3,(H,16,20)(H,17,18). The molecule has 6 heteroatoms. The van der Waals surface area contributed by atoms with Crippen molar-refractivity contribution in [2.45, 2.75) is 26.2 Å². The molecule has 0 aliphatic rings. The van der Waals surface area contributed by atoms with Crippen molar-refractivity contribution in [2.24, 2.45) is 5.92 Å². The molecule has 0 aromatic heterocycles. The molecule has 6 nitrogen and oxygen atoms in total. The van der Waals surface area contributed by atoms with Gasteiger partial charge in [0, 0.05) is 13.0 Å². The van der Waals surface area contributed by atoms with Gasteiger partial charge in [0.15, 0.2) is 11.5 Å². The summed E-state index contributed by atoms with van der Waals surface area (Å²) in [6.45, 7) is 2.37. The number of hydrogen-bond acceptors (Lipinski definition) is 4. The number of rotatable bonds is 8. The zero-order valence-electron chi connectivity index (χ0n) is 12.3. The minimum Gasteiger partial charge on any atom is -0.504 e. The van der Waals surface area contributed by atoms with Gasteiger partial charge in [-0.1, -0.05) is 13.0 Å². The number of amides is 1.